The summed E-state index contributed by atoms with van der Waals surface area (Å²) in [5.74, 6) is 1.11. The Morgan fingerprint density at radius 1 is 1.33 bits per heavy atom. The lowest BCUT2D eigenvalue weighted by atomic mass is 9.72. The minimum Gasteiger partial charge on any atom is -0.459 e. The SMILES string of the molecule is CC(=O)O[C@@H]1C(n2cc(CO)nn2)C=C2CCN3Cc4cc5c(cc4[C@H]1C23)OCO5. The first-order valence-corrected chi connectivity index (χ1v) is 10.2. The molecule has 3 aliphatic heterocycles. The Bertz CT molecular complexity index is 1060. The summed E-state index contributed by atoms with van der Waals surface area (Å²) < 4.78 is 18.9. The second kappa shape index (κ2) is 6.55. The van der Waals surface area contributed by atoms with E-state index in [9.17, 15) is 9.90 Å². The molecule has 2 unspecified atom stereocenters. The number of rotatable bonds is 3. The Morgan fingerprint density at radius 2 is 2.17 bits per heavy atom. The highest BCUT2D eigenvalue weighted by Gasteiger charge is 2.51. The topological polar surface area (TPSA) is 98.9 Å². The van der Waals surface area contributed by atoms with Crippen LogP contribution in [0.4, 0.5) is 0 Å². The van der Waals surface area contributed by atoms with Gasteiger partial charge in [0.15, 0.2) is 11.5 Å². The molecule has 0 saturated carbocycles. The van der Waals surface area contributed by atoms with Gasteiger partial charge in [0.1, 0.15) is 17.8 Å². The summed E-state index contributed by atoms with van der Waals surface area (Å²) in [6, 6.07) is 3.99. The van der Waals surface area contributed by atoms with Gasteiger partial charge in [0.05, 0.1) is 12.8 Å². The van der Waals surface area contributed by atoms with E-state index in [0.29, 0.717) is 5.69 Å². The van der Waals surface area contributed by atoms with E-state index in [1.807, 2.05) is 0 Å². The van der Waals surface area contributed by atoms with Gasteiger partial charge in [-0.1, -0.05) is 16.9 Å². The summed E-state index contributed by atoms with van der Waals surface area (Å²) >= 11 is 0. The van der Waals surface area contributed by atoms with E-state index < -0.39 is 6.10 Å². The van der Waals surface area contributed by atoms with Crippen LogP contribution in [-0.4, -0.2) is 56.5 Å². The third-order valence-corrected chi connectivity index (χ3v) is 6.57. The molecule has 9 nitrogen and oxygen atoms in total. The molecule has 1 saturated heterocycles. The van der Waals surface area contributed by atoms with Crippen LogP contribution < -0.4 is 9.47 Å². The van der Waals surface area contributed by atoms with Gasteiger partial charge in [0, 0.05) is 32.0 Å². The zero-order valence-corrected chi connectivity index (χ0v) is 16.5. The van der Waals surface area contributed by atoms with E-state index in [1.54, 1.807) is 10.9 Å². The Kier molecular flexibility index (Phi) is 3.91. The van der Waals surface area contributed by atoms with Crippen LogP contribution in [0.1, 0.15) is 42.1 Å². The van der Waals surface area contributed by atoms with Crippen LogP contribution in [0.2, 0.25) is 0 Å². The summed E-state index contributed by atoms with van der Waals surface area (Å²) in [6.07, 6.45) is 4.40. The number of benzene rings is 1. The van der Waals surface area contributed by atoms with Crippen LogP contribution in [-0.2, 0) is 22.7 Å². The number of ether oxygens (including phenoxy) is 3. The first kappa shape index (κ1) is 17.9. The molecule has 2 aromatic rings. The first-order chi connectivity index (χ1) is 14.6. The summed E-state index contributed by atoms with van der Waals surface area (Å²) in [5, 5.41) is 17.7. The third-order valence-electron chi connectivity index (χ3n) is 6.57. The Balaban J connectivity index is 1.51. The van der Waals surface area contributed by atoms with Crippen LogP contribution in [0.3, 0.4) is 0 Å². The first-order valence-electron chi connectivity index (χ1n) is 10.2. The van der Waals surface area contributed by atoms with Crippen LogP contribution >= 0.6 is 0 Å². The standard InChI is InChI=1S/C21H22N4O5/c1-11(27)30-21-16(25-8-14(9-26)22-23-25)4-12-2-3-24-7-13-5-17-18(29-10-28-17)6-15(13)19(21)20(12)24/h4-6,8,16,19-21,26H,2-3,7,9-10H2,1H3/t16?,19-,20?,21+/m0/s1. The van der Waals surface area contributed by atoms with Crippen molar-refractivity contribution < 1.29 is 24.1 Å². The lowest BCUT2D eigenvalue weighted by Crippen LogP contribution is -2.50. The van der Waals surface area contributed by atoms with E-state index in [2.05, 4.69) is 33.4 Å². The highest BCUT2D eigenvalue weighted by molar-refractivity contribution is 5.66. The number of esters is 1. The van der Waals surface area contributed by atoms with Crippen molar-refractivity contribution in [2.45, 2.75) is 50.6 Å². The summed E-state index contributed by atoms with van der Waals surface area (Å²) in [7, 11) is 0. The molecular formula is C21H22N4O5. The number of aliphatic hydroxyl groups is 1. The van der Waals surface area contributed by atoms with Crippen molar-refractivity contribution in [1.82, 2.24) is 19.9 Å². The number of hydrogen-bond donors (Lipinski definition) is 1. The molecule has 1 fully saturated rings. The van der Waals surface area contributed by atoms with Crippen molar-refractivity contribution in [3.05, 3.63) is 46.8 Å². The molecule has 0 amide bonds. The quantitative estimate of drug-likeness (QED) is 0.597. The number of carbonyl (C=O) groups is 1. The molecule has 0 bridgehead atoms. The molecular weight excluding hydrogens is 388 g/mol. The molecule has 4 heterocycles. The minimum atomic E-state index is -0.454. The molecule has 0 spiro atoms. The predicted octanol–water partition coefficient (Wildman–Crippen LogP) is 1.28. The van der Waals surface area contributed by atoms with Gasteiger partial charge in [0.25, 0.3) is 0 Å². The number of carbonyl (C=O) groups excluding carboxylic acids is 1. The molecule has 6 rings (SSSR count). The lowest BCUT2D eigenvalue weighted by Gasteiger charge is -2.46. The maximum atomic E-state index is 12.1. The van der Waals surface area contributed by atoms with E-state index >= 15 is 0 Å². The predicted molar refractivity (Wildman–Crippen MR) is 103 cm³/mol. The molecule has 30 heavy (non-hydrogen) atoms. The highest BCUT2D eigenvalue weighted by Crippen LogP contribution is 2.52. The third kappa shape index (κ3) is 2.58. The fraction of sp³-hybridized carbons (Fsp3) is 0.476. The van der Waals surface area contributed by atoms with Crippen molar-refractivity contribution in [3.8, 4) is 11.5 Å². The van der Waals surface area contributed by atoms with Gasteiger partial charge in [-0.3, -0.25) is 9.69 Å². The second-order valence-electron chi connectivity index (χ2n) is 8.25. The maximum Gasteiger partial charge on any atom is 0.303 e. The van der Waals surface area contributed by atoms with Gasteiger partial charge < -0.3 is 19.3 Å². The van der Waals surface area contributed by atoms with E-state index in [4.69, 9.17) is 14.2 Å². The maximum absolute atomic E-state index is 12.1. The molecule has 1 aliphatic carbocycles. The van der Waals surface area contributed by atoms with Crippen molar-refractivity contribution in [3.63, 3.8) is 0 Å². The molecule has 1 N–H and O–H groups in total. The van der Waals surface area contributed by atoms with Gasteiger partial charge >= 0.3 is 5.97 Å². The van der Waals surface area contributed by atoms with Crippen molar-refractivity contribution >= 4 is 5.97 Å². The van der Waals surface area contributed by atoms with Gasteiger partial charge in [-0.15, -0.1) is 5.10 Å². The smallest absolute Gasteiger partial charge is 0.303 e. The summed E-state index contributed by atoms with van der Waals surface area (Å²) in [4.78, 5) is 14.6. The van der Waals surface area contributed by atoms with Crippen LogP contribution in [0.15, 0.2) is 30.0 Å². The number of hydrogen-bond acceptors (Lipinski definition) is 8. The fourth-order valence-corrected chi connectivity index (χ4v) is 5.42. The molecule has 156 valence electrons. The van der Waals surface area contributed by atoms with Crippen LogP contribution in [0.5, 0.6) is 11.5 Å². The van der Waals surface area contributed by atoms with Crippen LogP contribution in [0, 0.1) is 0 Å². The molecule has 4 aliphatic rings. The normalized spacial score (nSPS) is 28.7. The van der Waals surface area contributed by atoms with Crippen molar-refractivity contribution in [2.75, 3.05) is 13.3 Å². The zero-order valence-electron chi connectivity index (χ0n) is 16.5. The van der Waals surface area contributed by atoms with Crippen molar-refractivity contribution in [2.24, 2.45) is 0 Å². The molecule has 9 heteroatoms. The fourth-order valence-electron chi connectivity index (χ4n) is 5.42. The van der Waals surface area contributed by atoms with E-state index in [1.165, 1.54) is 18.1 Å². The highest BCUT2D eigenvalue weighted by atomic mass is 16.7. The van der Waals surface area contributed by atoms with Gasteiger partial charge in [-0.05, 0) is 29.7 Å². The molecule has 0 radical (unpaired) electrons. The minimum absolute atomic E-state index is 0.0542. The largest absolute Gasteiger partial charge is 0.459 e. The van der Waals surface area contributed by atoms with E-state index in [-0.39, 0.29) is 37.4 Å². The summed E-state index contributed by atoms with van der Waals surface area (Å²) in [5.41, 5.74) is 4.12. The van der Waals surface area contributed by atoms with Gasteiger partial charge in [-0.2, -0.15) is 0 Å². The lowest BCUT2D eigenvalue weighted by molar-refractivity contribution is -0.151. The number of aliphatic hydroxyl groups excluding tert-OH is 1. The second-order valence-corrected chi connectivity index (χ2v) is 8.25. The van der Waals surface area contributed by atoms with Gasteiger partial charge in [-0.25, -0.2) is 4.68 Å². The van der Waals surface area contributed by atoms with Crippen LogP contribution in [0.25, 0.3) is 0 Å². The van der Waals surface area contributed by atoms with E-state index in [0.717, 1.165) is 36.6 Å². The Hall–Kier alpha value is -2.91. The van der Waals surface area contributed by atoms with Crippen molar-refractivity contribution in [1.29, 1.82) is 0 Å². The average Bonchev–Trinajstić information content (AvgIpc) is 3.47. The number of aromatic nitrogens is 3. The molecule has 1 aromatic heterocycles. The molecule has 1 aromatic carbocycles. The summed E-state index contributed by atoms with van der Waals surface area (Å²) in [6.45, 7) is 3.26. The zero-order chi connectivity index (χ0) is 20.4. The number of nitrogens with zero attached hydrogens (tertiary/aromatic N) is 4. The Labute approximate surface area is 172 Å². The molecule has 4 atom stereocenters. The average molecular weight is 410 g/mol. The Morgan fingerprint density at radius 3 is 2.93 bits per heavy atom. The monoisotopic (exact) mass is 410 g/mol. The van der Waals surface area contributed by atoms with Gasteiger partial charge in [0.2, 0.25) is 6.79 Å². The number of fused-ring (bicyclic) bond motifs is 3.